The second-order valence-electron chi connectivity index (χ2n) is 1.83. The molecule has 1 N–H and O–H groups in total. The van der Waals surface area contributed by atoms with Gasteiger partial charge in [-0.25, -0.2) is 0 Å². The largest absolute Gasteiger partial charge is 1.00 e. The third-order valence-electron chi connectivity index (χ3n) is 0.960. The Morgan fingerprint density at radius 2 is 1.60 bits per heavy atom. The van der Waals surface area contributed by atoms with Crippen molar-refractivity contribution in [1.82, 2.24) is 0 Å². The molecule has 0 aliphatic rings. The van der Waals surface area contributed by atoms with E-state index in [1.165, 1.54) is 0 Å². The first kappa shape index (κ1) is 22.4. The molecule has 0 rings (SSSR count). The zero-order valence-electron chi connectivity index (χ0n) is 7.91. The van der Waals surface area contributed by atoms with E-state index < -0.39 is 32.4 Å². The van der Waals surface area contributed by atoms with Crippen LogP contribution in [0.4, 0.5) is 0 Å². The maximum absolute atomic E-state index is 10.0. The molecule has 0 aliphatic heterocycles. The second kappa shape index (κ2) is 11.3. The van der Waals surface area contributed by atoms with Crippen molar-refractivity contribution < 1.29 is 142 Å². The van der Waals surface area contributed by atoms with E-state index in [4.69, 9.17) is 5.11 Å². The van der Waals surface area contributed by atoms with Crippen LogP contribution in [0.2, 0.25) is 0 Å². The fourth-order valence-corrected chi connectivity index (χ4v) is 0.833. The Hall–Kier alpha value is 2.19. The van der Waals surface area contributed by atoms with Crippen molar-refractivity contribution in [3.63, 3.8) is 0 Å². The van der Waals surface area contributed by atoms with Gasteiger partial charge in [-0.1, -0.05) is 0 Å². The van der Waals surface area contributed by atoms with Crippen molar-refractivity contribution in [1.29, 1.82) is 0 Å². The predicted molar refractivity (Wildman–Crippen MR) is 28.5 cm³/mol. The van der Waals surface area contributed by atoms with E-state index >= 15 is 0 Å². The van der Waals surface area contributed by atoms with Crippen LogP contribution in [-0.2, 0) is 18.7 Å². The molecule has 0 aliphatic carbocycles. The van der Waals surface area contributed by atoms with E-state index in [1.54, 1.807) is 0 Å². The molecule has 0 aromatic heterocycles. The Morgan fingerprint density at radius 3 is 1.80 bits per heavy atom. The number of carboxylic acid groups (broad SMARTS) is 2. The molecular weight excluding hydrogens is 285 g/mol. The summed E-state index contributed by atoms with van der Waals surface area (Å²) in [5.74, 6) is -4.35. The summed E-state index contributed by atoms with van der Waals surface area (Å²) in [4.78, 5) is 29.8. The average molecular weight is 288 g/mol. The topological polar surface area (TPSA) is 150 Å². The van der Waals surface area contributed by atoms with E-state index in [1.807, 2.05) is 0 Å². The minimum Gasteiger partial charge on any atom is -0.566 e. The van der Waals surface area contributed by atoms with Gasteiger partial charge in [0.2, 0.25) is 0 Å². The standard InChI is InChI=1S/C4H5O8P.2K/c5-1(3(6)7)2(4(8)9)12-13(10)11;;/h1-2,5H,(H,6,7)(H,8,9);;/q;2*+1/p-2. The van der Waals surface area contributed by atoms with Gasteiger partial charge in [-0.15, -0.1) is 4.52 Å². The van der Waals surface area contributed by atoms with Crippen LogP contribution in [0.5, 0.6) is 0 Å². The van der Waals surface area contributed by atoms with Gasteiger partial charge in [0, 0.05) is 0 Å². The molecule has 15 heavy (non-hydrogen) atoms. The molecule has 3 atom stereocenters. The van der Waals surface area contributed by atoms with Gasteiger partial charge in [0.1, 0.15) is 6.10 Å². The van der Waals surface area contributed by atoms with Crippen molar-refractivity contribution in [3.8, 4) is 0 Å². The third kappa shape index (κ3) is 9.85. The van der Waals surface area contributed by atoms with Gasteiger partial charge in [-0.2, -0.15) is 0 Å². The zero-order valence-corrected chi connectivity index (χ0v) is 15.0. The summed E-state index contributed by atoms with van der Waals surface area (Å²) in [5.41, 5.74) is 0. The number of hydrogen-bond acceptors (Lipinski definition) is 8. The van der Waals surface area contributed by atoms with Crippen LogP contribution >= 0.6 is 8.25 Å². The molecule has 0 heterocycles. The van der Waals surface area contributed by atoms with Crippen LogP contribution in [-0.4, -0.2) is 29.3 Å². The first-order valence-electron chi connectivity index (χ1n) is 2.77. The van der Waals surface area contributed by atoms with E-state index in [9.17, 15) is 29.3 Å². The summed E-state index contributed by atoms with van der Waals surface area (Å²) in [7, 11) is -3.60. The smallest absolute Gasteiger partial charge is 0.566 e. The van der Waals surface area contributed by atoms with E-state index in [0.29, 0.717) is 0 Å². The van der Waals surface area contributed by atoms with Gasteiger partial charge >= 0.3 is 111 Å². The molecule has 74 valence electrons. The fraction of sp³-hybridized carbons (Fsp3) is 0.500. The van der Waals surface area contributed by atoms with Crippen LogP contribution in [0.3, 0.4) is 0 Å². The van der Waals surface area contributed by atoms with Gasteiger partial charge in [0.15, 0.2) is 6.10 Å². The number of aliphatic hydroxyl groups is 1. The van der Waals surface area contributed by atoms with Crippen LogP contribution in [0.1, 0.15) is 0 Å². The summed E-state index contributed by atoms with van der Waals surface area (Å²) in [6.45, 7) is 0. The molecule has 3 unspecified atom stereocenters. The van der Waals surface area contributed by atoms with Crippen molar-refractivity contribution >= 4 is 20.2 Å². The molecule has 8 nitrogen and oxygen atoms in total. The Morgan fingerprint density at radius 1 is 1.20 bits per heavy atom. The summed E-state index contributed by atoms with van der Waals surface area (Å²) < 4.78 is 13.4. The third-order valence-corrected chi connectivity index (χ3v) is 1.36. The van der Waals surface area contributed by atoms with E-state index in [0.717, 1.165) is 0 Å². The van der Waals surface area contributed by atoms with Gasteiger partial charge in [-0.05, 0) is 4.57 Å². The monoisotopic (exact) mass is 288 g/mol. The van der Waals surface area contributed by atoms with Crippen molar-refractivity contribution in [2.75, 3.05) is 0 Å². The Bertz CT molecular complexity index is 245. The zero-order chi connectivity index (χ0) is 10.6. The molecule has 0 bridgehead atoms. The molecule has 0 fully saturated rings. The molecule has 0 aromatic carbocycles. The van der Waals surface area contributed by atoms with Gasteiger partial charge < -0.3 is 29.8 Å². The first-order chi connectivity index (χ1) is 5.86. The molecule has 0 saturated heterocycles. The Kier molecular flexibility index (Phi) is 16.8. The van der Waals surface area contributed by atoms with E-state index in [-0.39, 0.29) is 103 Å². The van der Waals surface area contributed by atoms with Gasteiger partial charge in [0.05, 0.1) is 11.9 Å². The minimum absolute atomic E-state index is 0. The summed E-state index contributed by atoms with van der Waals surface area (Å²) in [6, 6.07) is 0. The number of aliphatic hydroxyl groups excluding tert-OH is 1. The predicted octanol–water partition coefficient (Wildman–Crippen LogP) is -10.7. The SMILES string of the molecule is O=C([O-])C(O)C(O[P+](=O)[O-])C(=O)[O-].[K+].[K+]. The Labute approximate surface area is 170 Å². The Balaban J connectivity index is -0.000000720. The number of carbonyl (C=O) groups excluding carboxylic acids is 2. The molecule has 0 spiro atoms. The molecular formula is C4H3K2O8P. The maximum Gasteiger partial charge on any atom is 1.00 e. The second-order valence-corrected chi connectivity index (χ2v) is 2.49. The van der Waals surface area contributed by atoms with Crippen LogP contribution in [0, 0.1) is 0 Å². The quantitative estimate of drug-likeness (QED) is 0.387. The summed E-state index contributed by atoms with van der Waals surface area (Å²) >= 11 is 0. The minimum atomic E-state index is -3.60. The fourth-order valence-electron chi connectivity index (χ4n) is 0.446. The van der Waals surface area contributed by atoms with Crippen LogP contribution in [0.15, 0.2) is 0 Å². The number of carboxylic acids is 2. The number of aliphatic carboxylic acids is 2. The molecule has 11 heteroatoms. The summed E-state index contributed by atoms with van der Waals surface area (Å²) in [6.07, 6.45) is -5.09. The maximum atomic E-state index is 10.0. The molecule has 0 saturated carbocycles. The van der Waals surface area contributed by atoms with Crippen LogP contribution in [0.25, 0.3) is 0 Å². The van der Waals surface area contributed by atoms with Crippen LogP contribution < -0.4 is 118 Å². The van der Waals surface area contributed by atoms with Crippen molar-refractivity contribution in [2.24, 2.45) is 0 Å². The van der Waals surface area contributed by atoms with Gasteiger partial charge in [-0.3, -0.25) is 0 Å². The molecule has 0 aromatic rings. The molecule has 0 radical (unpaired) electrons. The van der Waals surface area contributed by atoms with Crippen molar-refractivity contribution in [3.05, 3.63) is 0 Å². The number of rotatable bonds is 5. The van der Waals surface area contributed by atoms with E-state index in [2.05, 4.69) is 4.52 Å². The first-order valence-corrected chi connectivity index (χ1v) is 3.86. The normalized spacial score (nSPS) is 13.9. The molecule has 0 amide bonds. The van der Waals surface area contributed by atoms with Crippen molar-refractivity contribution in [2.45, 2.75) is 12.2 Å². The number of hydrogen-bond donors (Lipinski definition) is 1. The summed E-state index contributed by atoms with van der Waals surface area (Å²) in [5, 5.41) is 28.5. The average Bonchev–Trinajstić information content (AvgIpc) is 1.97. The van der Waals surface area contributed by atoms with Gasteiger partial charge in [0.25, 0.3) is 0 Å². The number of carbonyl (C=O) groups is 2.